The molecular formula is C21H22N4OS. The van der Waals surface area contributed by atoms with Gasteiger partial charge in [-0.2, -0.15) is 12.6 Å². The zero-order chi connectivity index (χ0) is 19.2. The van der Waals surface area contributed by atoms with Gasteiger partial charge >= 0.3 is 0 Å². The number of nitrogens with two attached hydrogens (primary N) is 1. The molecule has 0 atom stereocenters. The fraction of sp³-hybridized carbons (Fsp3) is 0.190. The number of carbonyl (C=O) groups excluding carboxylic acids is 1. The van der Waals surface area contributed by atoms with E-state index in [4.69, 9.17) is 11.1 Å². The predicted octanol–water partition coefficient (Wildman–Crippen LogP) is 3.99. The van der Waals surface area contributed by atoms with E-state index in [1.54, 1.807) is 24.5 Å². The van der Waals surface area contributed by atoms with Crippen molar-refractivity contribution in [2.24, 2.45) is 5.73 Å². The minimum absolute atomic E-state index is 0.234. The van der Waals surface area contributed by atoms with E-state index in [0.717, 1.165) is 11.3 Å². The Balaban J connectivity index is 1.74. The molecule has 1 saturated carbocycles. The van der Waals surface area contributed by atoms with Gasteiger partial charge in [-0.25, -0.2) is 0 Å². The van der Waals surface area contributed by atoms with Crippen LogP contribution < -0.4 is 11.1 Å². The third-order valence-electron chi connectivity index (χ3n) is 4.51. The number of hydrogen-bond donors (Lipinski definition) is 4. The van der Waals surface area contributed by atoms with Crippen molar-refractivity contribution < 1.29 is 4.79 Å². The van der Waals surface area contributed by atoms with Crippen molar-refractivity contribution in [3.8, 4) is 0 Å². The topological polar surface area (TPSA) is 91.9 Å². The van der Waals surface area contributed by atoms with E-state index in [0.29, 0.717) is 22.8 Å². The first-order valence-electron chi connectivity index (χ1n) is 8.75. The quantitative estimate of drug-likeness (QED) is 0.333. The van der Waals surface area contributed by atoms with Gasteiger partial charge in [-0.1, -0.05) is 6.07 Å². The highest BCUT2D eigenvalue weighted by atomic mass is 32.1. The molecule has 138 valence electrons. The van der Waals surface area contributed by atoms with Crippen LogP contribution in [0.4, 0.5) is 5.69 Å². The standard InChI is InChI=1S/C21H22N4OS/c22-10-17(11-23)20-7-8-24-12-15(20)3-6-21(26)25-18-4-5-19(14-1-2-14)16(9-18)13-27/h3-12,14,22,27H,1-2,13,23H2,(H,25,26)/b6-3+,17-11+,22-10?. The van der Waals surface area contributed by atoms with Crippen LogP contribution in [0, 0.1) is 5.41 Å². The first-order valence-corrected chi connectivity index (χ1v) is 9.39. The van der Waals surface area contributed by atoms with E-state index in [9.17, 15) is 4.79 Å². The Labute approximate surface area is 164 Å². The molecule has 1 aromatic heterocycles. The van der Waals surface area contributed by atoms with Crippen LogP contribution in [-0.2, 0) is 10.5 Å². The Morgan fingerprint density at radius 2 is 2.19 bits per heavy atom. The Morgan fingerprint density at radius 3 is 2.85 bits per heavy atom. The summed E-state index contributed by atoms with van der Waals surface area (Å²) in [6.07, 6.45) is 11.4. The SMILES string of the molecule is N=C/C(=C\N)c1ccncc1/C=C/C(=O)Nc1ccc(C2CC2)c(CS)c1. The van der Waals surface area contributed by atoms with Crippen LogP contribution >= 0.6 is 12.6 Å². The molecule has 2 aromatic rings. The second-order valence-corrected chi connectivity index (χ2v) is 6.71. The molecule has 0 aliphatic heterocycles. The lowest BCUT2D eigenvalue weighted by molar-refractivity contribution is -0.111. The van der Waals surface area contributed by atoms with Crippen LogP contribution in [0.1, 0.15) is 41.0 Å². The van der Waals surface area contributed by atoms with Crippen molar-refractivity contribution in [3.05, 3.63) is 71.2 Å². The van der Waals surface area contributed by atoms with Gasteiger partial charge in [-0.15, -0.1) is 0 Å². The van der Waals surface area contributed by atoms with Crippen LogP contribution in [0.2, 0.25) is 0 Å². The molecule has 27 heavy (non-hydrogen) atoms. The highest BCUT2D eigenvalue weighted by Gasteiger charge is 2.25. The lowest BCUT2D eigenvalue weighted by Crippen LogP contribution is -2.08. The van der Waals surface area contributed by atoms with Crippen LogP contribution in [0.3, 0.4) is 0 Å². The van der Waals surface area contributed by atoms with Gasteiger partial charge < -0.3 is 16.5 Å². The Bertz CT molecular complexity index is 916. The zero-order valence-corrected chi connectivity index (χ0v) is 15.7. The summed E-state index contributed by atoms with van der Waals surface area (Å²) in [5, 5.41) is 10.3. The summed E-state index contributed by atoms with van der Waals surface area (Å²) in [6.45, 7) is 0. The molecule has 0 radical (unpaired) electrons. The number of allylic oxidation sites excluding steroid dienone is 1. The molecule has 1 aliphatic carbocycles. The number of aromatic nitrogens is 1. The first-order chi connectivity index (χ1) is 13.2. The third-order valence-corrected chi connectivity index (χ3v) is 4.85. The number of nitrogens with zero attached hydrogens (tertiary/aromatic N) is 1. The van der Waals surface area contributed by atoms with Gasteiger partial charge in [-0.05, 0) is 59.7 Å². The van der Waals surface area contributed by atoms with Gasteiger partial charge in [0.1, 0.15) is 0 Å². The fourth-order valence-corrected chi connectivity index (χ4v) is 3.25. The van der Waals surface area contributed by atoms with E-state index in [1.807, 2.05) is 12.1 Å². The maximum Gasteiger partial charge on any atom is 0.248 e. The summed E-state index contributed by atoms with van der Waals surface area (Å²) >= 11 is 4.41. The van der Waals surface area contributed by atoms with Crippen LogP contribution in [0.15, 0.2) is 48.9 Å². The van der Waals surface area contributed by atoms with E-state index in [2.05, 4.69) is 29.0 Å². The van der Waals surface area contributed by atoms with Crippen molar-refractivity contribution >= 4 is 42.1 Å². The summed E-state index contributed by atoms with van der Waals surface area (Å²) in [5.74, 6) is 1.07. The second kappa shape index (κ2) is 8.68. The molecule has 1 aromatic carbocycles. The van der Waals surface area contributed by atoms with Gasteiger partial charge in [0.25, 0.3) is 0 Å². The molecule has 1 amide bonds. The van der Waals surface area contributed by atoms with Crippen molar-refractivity contribution in [3.63, 3.8) is 0 Å². The average molecular weight is 379 g/mol. The number of amides is 1. The summed E-state index contributed by atoms with van der Waals surface area (Å²) in [7, 11) is 0. The molecular weight excluding hydrogens is 356 g/mol. The maximum atomic E-state index is 12.3. The average Bonchev–Trinajstić information content (AvgIpc) is 3.53. The third kappa shape index (κ3) is 4.65. The fourth-order valence-electron chi connectivity index (χ4n) is 2.98. The number of pyridine rings is 1. The number of benzene rings is 1. The Morgan fingerprint density at radius 1 is 1.37 bits per heavy atom. The number of rotatable bonds is 7. The minimum atomic E-state index is -0.234. The van der Waals surface area contributed by atoms with Gasteiger partial charge in [0.15, 0.2) is 0 Å². The minimum Gasteiger partial charge on any atom is -0.404 e. The summed E-state index contributed by atoms with van der Waals surface area (Å²) in [5.41, 5.74) is 10.9. The molecule has 3 rings (SSSR count). The maximum absolute atomic E-state index is 12.3. The smallest absolute Gasteiger partial charge is 0.248 e. The lowest BCUT2D eigenvalue weighted by atomic mass is 10.0. The highest BCUT2D eigenvalue weighted by molar-refractivity contribution is 7.79. The van der Waals surface area contributed by atoms with Gasteiger partial charge in [0.05, 0.1) is 0 Å². The number of nitrogens with one attached hydrogen (secondary N) is 2. The number of thiol groups is 1. The normalized spacial score (nSPS) is 14.3. The molecule has 0 spiro atoms. The molecule has 1 heterocycles. The van der Waals surface area contributed by atoms with Gasteiger partial charge in [0, 0.05) is 53.5 Å². The van der Waals surface area contributed by atoms with Gasteiger partial charge in [0.2, 0.25) is 5.91 Å². The summed E-state index contributed by atoms with van der Waals surface area (Å²) < 4.78 is 0. The van der Waals surface area contributed by atoms with Crippen molar-refractivity contribution in [1.82, 2.24) is 4.98 Å². The molecule has 0 bridgehead atoms. The highest BCUT2D eigenvalue weighted by Crippen LogP contribution is 2.42. The number of anilines is 1. The predicted molar refractivity (Wildman–Crippen MR) is 114 cm³/mol. The van der Waals surface area contributed by atoms with Crippen LogP contribution in [0.5, 0.6) is 0 Å². The molecule has 0 saturated heterocycles. The van der Waals surface area contributed by atoms with Gasteiger partial charge in [-0.3, -0.25) is 9.78 Å². The van der Waals surface area contributed by atoms with E-state index in [1.165, 1.54) is 42.5 Å². The molecule has 6 heteroatoms. The van der Waals surface area contributed by atoms with Crippen molar-refractivity contribution in [1.29, 1.82) is 5.41 Å². The molecule has 5 nitrogen and oxygen atoms in total. The van der Waals surface area contributed by atoms with Crippen LogP contribution in [0.25, 0.3) is 11.6 Å². The largest absolute Gasteiger partial charge is 0.404 e. The second-order valence-electron chi connectivity index (χ2n) is 6.40. The number of carbonyl (C=O) groups is 1. The van der Waals surface area contributed by atoms with Crippen molar-refractivity contribution in [2.75, 3.05) is 5.32 Å². The monoisotopic (exact) mass is 378 g/mol. The number of hydrogen-bond acceptors (Lipinski definition) is 5. The molecule has 4 N–H and O–H groups in total. The summed E-state index contributed by atoms with van der Waals surface area (Å²) in [6, 6.07) is 7.78. The van der Waals surface area contributed by atoms with Crippen molar-refractivity contribution in [2.45, 2.75) is 24.5 Å². The molecule has 0 unspecified atom stereocenters. The van der Waals surface area contributed by atoms with Crippen LogP contribution in [-0.4, -0.2) is 17.1 Å². The van der Waals surface area contributed by atoms with E-state index < -0.39 is 0 Å². The molecule has 1 fully saturated rings. The zero-order valence-electron chi connectivity index (χ0n) is 14.9. The Hall–Kier alpha value is -2.86. The lowest BCUT2D eigenvalue weighted by Gasteiger charge is -2.10. The van der Waals surface area contributed by atoms with E-state index in [-0.39, 0.29) is 5.91 Å². The Kier molecular flexibility index (Phi) is 6.08. The van der Waals surface area contributed by atoms with E-state index >= 15 is 0 Å². The molecule has 1 aliphatic rings. The summed E-state index contributed by atoms with van der Waals surface area (Å²) in [4.78, 5) is 16.4. The first kappa shape index (κ1) is 18.9.